The summed E-state index contributed by atoms with van der Waals surface area (Å²) >= 11 is 0. The number of rotatable bonds is 5. The van der Waals surface area contributed by atoms with E-state index in [1.54, 1.807) is 18.2 Å². The van der Waals surface area contributed by atoms with Crippen LogP contribution in [-0.2, 0) is 11.3 Å². The Kier molecular flexibility index (Phi) is 4.24. The van der Waals surface area contributed by atoms with Gasteiger partial charge >= 0.3 is 0 Å². The van der Waals surface area contributed by atoms with E-state index in [4.69, 9.17) is 10.5 Å². The number of benzene rings is 1. The minimum absolute atomic E-state index is 0.229. The highest BCUT2D eigenvalue weighted by molar-refractivity contribution is 5.16. The molecule has 0 bridgehead atoms. The molecule has 3 heteroatoms. The van der Waals surface area contributed by atoms with Crippen LogP contribution < -0.4 is 5.73 Å². The number of nitrogens with two attached hydrogens (primary N) is 1. The standard InChI is InChI=1S/C12H18FNO/c1-3-12(2,9-14)15-8-10-6-4-5-7-11(10)13/h4-7H,3,8-9,14H2,1-2H3. The molecule has 2 nitrogen and oxygen atoms in total. The summed E-state index contributed by atoms with van der Waals surface area (Å²) in [5.74, 6) is -0.229. The summed E-state index contributed by atoms with van der Waals surface area (Å²) in [6, 6.07) is 6.63. The molecule has 2 N–H and O–H groups in total. The molecule has 1 unspecified atom stereocenters. The van der Waals surface area contributed by atoms with Crippen molar-refractivity contribution in [1.29, 1.82) is 0 Å². The zero-order chi connectivity index (χ0) is 11.3. The van der Waals surface area contributed by atoms with Crippen LogP contribution in [0.2, 0.25) is 0 Å². The lowest BCUT2D eigenvalue weighted by atomic mass is 10.0. The van der Waals surface area contributed by atoms with Crippen LogP contribution in [0, 0.1) is 5.82 Å². The van der Waals surface area contributed by atoms with E-state index in [2.05, 4.69) is 0 Å². The van der Waals surface area contributed by atoms with Crippen molar-refractivity contribution in [2.24, 2.45) is 5.73 Å². The normalized spacial score (nSPS) is 14.9. The van der Waals surface area contributed by atoms with Gasteiger partial charge < -0.3 is 10.5 Å². The molecule has 1 aromatic carbocycles. The SMILES string of the molecule is CCC(C)(CN)OCc1ccccc1F. The average molecular weight is 211 g/mol. The van der Waals surface area contributed by atoms with E-state index >= 15 is 0 Å². The summed E-state index contributed by atoms with van der Waals surface area (Å²) in [5.41, 5.74) is 5.82. The average Bonchev–Trinajstić information content (AvgIpc) is 2.28. The first-order valence-corrected chi connectivity index (χ1v) is 5.19. The van der Waals surface area contributed by atoms with Crippen molar-refractivity contribution in [2.75, 3.05) is 6.54 Å². The Labute approximate surface area is 90.2 Å². The predicted octanol–water partition coefficient (Wildman–Crippen LogP) is 2.47. The van der Waals surface area contributed by atoms with Gasteiger partial charge in [-0.3, -0.25) is 0 Å². The smallest absolute Gasteiger partial charge is 0.128 e. The summed E-state index contributed by atoms with van der Waals surface area (Å²) in [6.45, 7) is 4.66. The van der Waals surface area contributed by atoms with Gasteiger partial charge in [-0.2, -0.15) is 0 Å². The number of hydrogen-bond acceptors (Lipinski definition) is 2. The molecule has 1 atom stereocenters. The van der Waals surface area contributed by atoms with Crippen LogP contribution in [0.15, 0.2) is 24.3 Å². The summed E-state index contributed by atoms with van der Waals surface area (Å²) in [4.78, 5) is 0. The highest BCUT2D eigenvalue weighted by Crippen LogP contribution is 2.17. The van der Waals surface area contributed by atoms with Crippen molar-refractivity contribution in [2.45, 2.75) is 32.5 Å². The van der Waals surface area contributed by atoms with Crippen molar-refractivity contribution < 1.29 is 9.13 Å². The van der Waals surface area contributed by atoms with Crippen LogP contribution in [-0.4, -0.2) is 12.1 Å². The van der Waals surface area contributed by atoms with E-state index in [1.807, 2.05) is 13.8 Å². The second-order valence-corrected chi connectivity index (χ2v) is 3.89. The first-order valence-electron chi connectivity index (χ1n) is 5.19. The summed E-state index contributed by atoms with van der Waals surface area (Å²) in [5, 5.41) is 0. The largest absolute Gasteiger partial charge is 0.369 e. The number of hydrogen-bond donors (Lipinski definition) is 1. The molecule has 0 aliphatic heterocycles. The molecule has 0 aromatic heterocycles. The summed E-state index contributed by atoms with van der Waals surface area (Å²) in [7, 11) is 0. The third kappa shape index (κ3) is 3.29. The molecule has 0 heterocycles. The monoisotopic (exact) mass is 211 g/mol. The summed E-state index contributed by atoms with van der Waals surface area (Å²) in [6.07, 6.45) is 0.817. The van der Waals surface area contributed by atoms with Gasteiger partial charge in [0.2, 0.25) is 0 Å². The lowest BCUT2D eigenvalue weighted by Gasteiger charge is -2.27. The minimum Gasteiger partial charge on any atom is -0.369 e. The van der Waals surface area contributed by atoms with E-state index in [9.17, 15) is 4.39 Å². The molecule has 0 aliphatic rings. The second-order valence-electron chi connectivity index (χ2n) is 3.89. The van der Waals surface area contributed by atoms with Gasteiger partial charge in [0, 0.05) is 12.1 Å². The Morgan fingerprint density at radius 2 is 2.07 bits per heavy atom. The molecular formula is C12H18FNO. The minimum atomic E-state index is -0.359. The fraction of sp³-hybridized carbons (Fsp3) is 0.500. The van der Waals surface area contributed by atoms with E-state index < -0.39 is 0 Å². The van der Waals surface area contributed by atoms with Crippen LogP contribution in [0.4, 0.5) is 4.39 Å². The first kappa shape index (κ1) is 12.1. The third-order valence-corrected chi connectivity index (χ3v) is 2.71. The topological polar surface area (TPSA) is 35.2 Å². The first-order chi connectivity index (χ1) is 7.11. The van der Waals surface area contributed by atoms with Gasteiger partial charge in [-0.05, 0) is 19.4 Å². The Morgan fingerprint density at radius 3 is 2.60 bits per heavy atom. The highest BCUT2D eigenvalue weighted by Gasteiger charge is 2.20. The quantitative estimate of drug-likeness (QED) is 0.812. The predicted molar refractivity (Wildman–Crippen MR) is 58.9 cm³/mol. The molecule has 0 aliphatic carbocycles. The molecular weight excluding hydrogens is 193 g/mol. The van der Waals surface area contributed by atoms with Gasteiger partial charge in [0.05, 0.1) is 12.2 Å². The second kappa shape index (κ2) is 5.24. The van der Waals surface area contributed by atoms with Gasteiger partial charge in [0.1, 0.15) is 5.82 Å². The van der Waals surface area contributed by atoms with Gasteiger partial charge in [0.25, 0.3) is 0 Å². The van der Waals surface area contributed by atoms with Crippen LogP contribution in [0.5, 0.6) is 0 Å². The van der Waals surface area contributed by atoms with Gasteiger partial charge in [-0.1, -0.05) is 25.1 Å². The maximum Gasteiger partial charge on any atom is 0.128 e. The molecule has 0 saturated heterocycles. The Balaban J connectivity index is 2.61. The molecule has 0 saturated carbocycles. The molecule has 0 radical (unpaired) electrons. The highest BCUT2D eigenvalue weighted by atomic mass is 19.1. The zero-order valence-electron chi connectivity index (χ0n) is 9.29. The van der Waals surface area contributed by atoms with Crippen molar-refractivity contribution in [3.63, 3.8) is 0 Å². The van der Waals surface area contributed by atoms with Gasteiger partial charge in [-0.15, -0.1) is 0 Å². The maximum atomic E-state index is 13.3. The Hall–Kier alpha value is -0.930. The van der Waals surface area contributed by atoms with E-state index in [-0.39, 0.29) is 18.0 Å². The molecule has 0 amide bonds. The molecule has 84 valence electrons. The van der Waals surface area contributed by atoms with Crippen molar-refractivity contribution in [3.8, 4) is 0 Å². The summed E-state index contributed by atoms with van der Waals surface area (Å²) < 4.78 is 18.9. The van der Waals surface area contributed by atoms with Crippen LogP contribution in [0.3, 0.4) is 0 Å². The van der Waals surface area contributed by atoms with E-state index in [0.717, 1.165) is 6.42 Å². The molecule has 0 fully saturated rings. The van der Waals surface area contributed by atoms with Crippen molar-refractivity contribution in [1.82, 2.24) is 0 Å². The molecule has 1 rings (SSSR count). The fourth-order valence-corrected chi connectivity index (χ4v) is 1.17. The zero-order valence-corrected chi connectivity index (χ0v) is 9.29. The lowest BCUT2D eigenvalue weighted by molar-refractivity contribution is -0.0397. The van der Waals surface area contributed by atoms with Crippen molar-refractivity contribution >= 4 is 0 Å². The Bertz CT molecular complexity index is 310. The number of ether oxygens (including phenoxy) is 1. The van der Waals surface area contributed by atoms with Crippen LogP contribution in [0.1, 0.15) is 25.8 Å². The Morgan fingerprint density at radius 1 is 1.40 bits per heavy atom. The van der Waals surface area contributed by atoms with Crippen LogP contribution >= 0.6 is 0 Å². The fourth-order valence-electron chi connectivity index (χ4n) is 1.17. The van der Waals surface area contributed by atoms with Gasteiger partial charge in [-0.25, -0.2) is 4.39 Å². The van der Waals surface area contributed by atoms with Gasteiger partial charge in [0.15, 0.2) is 0 Å². The molecule has 1 aromatic rings. The van der Waals surface area contributed by atoms with Crippen LogP contribution in [0.25, 0.3) is 0 Å². The molecule has 15 heavy (non-hydrogen) atoms. The third-order valence-electron chi connectivity index (χ3n) is 2.71. The maximum absolute atomic E-state index is 13.3. The van der Waals surface area contributed by atoms with Crippen molar-refractivity contribution in [3.05, 3.63) is 35.6 Å². The van der Waals surface area contributed by atoms with E-state index in [0.29, 0.717) is 12.1 Å². The number of halogens is 1. The molecule has 0 spiro atoms. The lowest BCUT2D eigenvalue weighted by Crippen LogP contribution is -2.36. The van der Waals surface area contributed by atoms with E-state index in [1.165, 1.54) is 6.07 Å².